The van der Waals surface area contributed by atoms with E-state index < -0.39 is 0 Å². The lowest BCUT2D eigenvalue weighted by atomic mass is 10.1. The Morgan fingerprint density at radius 3 is 2.77 bits per heavy atom. The van der Waals surface area contributed by atoms with Crippen LogP contribution in [0.3, 0.4) is 0 Å². The molecule has 1 atom stereocenters. The van der Waals surface area contributed by atoms with Crippen LogP contribution in [0.25, 0.3) is 10.6 Å². The Kier molecular flexibility index (Phi) is 3.96. The van der Waals surface area contributed by atoms with Crippen LogP contribution < -0.4 is 5.32 Å². The highest BCUT2D eigenvalue weighted by atomic mass is 32.1. The number of nitrogens with zero attached hydrogens (tertiary/aromatic N) is 3. The lowest BCUT2D eigenvalue weighted by molar-refractivity contribution is -0.127. The van der Waals surface area contributed by atoms with Gasteiger partial charge in [0.05, 0.1) is 27.2 Å². The van der Waals surface area contributed by atoms with Crippen molar-refractivity contribution in [1.29, 1.82) is 0 Å². The van der Waals surface area contributed by atoms with E-state index in [2.05, 4.69) is 15.3 Å². The number of carbonyl (C=O) groups is 2. The monoisotopic (exact) mass is 336 g/mol. The van der Waals surface area contributed by atoms with E-state index in [9.17, 15) is 9.59 Å². The minimum atomic E-state index is -0.294. The van der Waals surface area contributed by atoms with Gasteiger partial charge in [-0.1, -0.05) is 0 Å². The van der Waals surface area contributed by atoms with E-state index in [1.807, 2.05) is 19.2 Å². The molecule has 2 aromatic heterocycles. The number of aromatic nitrogens is 2. The molecular weight excluding hydrogens is 320 g/mol. The van der Waals surface area contributed by atoms with Gasteiger partial charge in [-0.2, -0.15) is 0 Å². The van der Waals surface area contributed by atoms with Crippen molar-refractivity contribution in [1.82, 2.24) is 14.9 Å². The van der Waals surface area contributed by atoms with Gasteiger partial charge in [0.25, 0.3) is 0 Å². The number of thiazole rings is 2. The molecule has 116 valence electrons. The molecule has 1 fully saturated rings. The highest BCUT2D eigenvalue weighted by Gasteiger charge is 2.32. The Labute approximate surface area is 136 Å². The Hall–Kier alpha value is -1.80. The van der Waals surface area contributed by atoms with E-state index in [4.69, 9.17) is 0 Å². The lowest BCUT2D eigenvalue weighted by Crippen LogP contribution is -2.25. The van der Waals surface area contributed by atoms with Crippen LogP contribution in [0.2, 0.25) is 0 Å². The summed E-state index contributed by atoms with van der Waals surface area (Å²) < 4.78 is 0. The van der Waals surface area contributed by atoms with Crippen molar-refractivity contribution in [2.75, 3.05) is 18.9 Å². The summed E-state index contributed by atoms with van der Waals surface area (Å²) in [5.74, 6) is -0.427. The molecule has 1 aliphatic rings. The fourth-order valence-corrected chi connectivity index (χ4v) is 4.11. The number of carbonyl (C=O) groups excluding carboxylic acids is 2. The Bertz CT molecular complexity index is 737. The van der Waals surface area contributed by atoms with Gasteiger partial charge in [-0.25, -0.2) is 9.97 Å². The third kappa shape index (κ3) is 2.89. The van der Waals surface area contributed by atoms with Crippen LogP contribution in [-0.4, -0.2) is 40.3 Å². The number of hydrogen-bond acceptors (Lipinski definition) is 6. The highest BCUT2D eigenvalue weighted by Crippen LogP contribution is 2.32. The molecule has 0 bridgehead atoms. The number of hydrogen-bond donors (Lipinski definition) is 1. The van der Waals surface area contributed by atoms with Crippen molar-refractivity contribution in [2.45, 2.75) is 20.3 Å². The first-order chi connectivity index (χ1) is 10.4. The molecule has 1 aliphatic heterocycles. The van der Waals surface area contributed by atoms with Crippen LogP contribution in [0.5, 0.6) is 0 Å². The molecular formula is C14H16N4O2S2. The Morgan fingerprint density at radius 2 is 2.18 bits per heavy atom. The summed E-state index contributed by atoms with van der Waals surface area (Å²) in [6.07, 6.45) is 0.272. The summed E-state index contributed by atoms with van der Waals surface area (Å²) in [5, 5.41) is 6.29. The van der Waals surface area contributed by atoms with E-state index in [1.54, 1.807) is 23.3 Å². The first kappa shape index (κ1) is 15.1. The quantitative estimate of drug-likeness (QED) is 0.933. The fraction of sp³-hybridized carbons (Fsp3) is 0.429. The van der Waals surface area contributed by atoms with Gasteiger partial charge in [-0.15, -0.1) is 22.7 Å². The molecule has 1 N–H and O–H groups in total. The van der Waals surface area contributed by atoms with Crippen LogP contribution in [0, 0.1) is 19.8 Å². The normalized spacial score (nSPS) is 18.0. The molecule has 0 aliphatic carbocycles. The van der Waals surface area contributed by atoms with Gasteiger partial charge in [0.1, 0.15) is 0 Å². The third-order valence-electron chi connectivity index (χ3n) is 3.58. The number of aryl methyl sites for hydroxylation is 2. The van der Waals surface area contributed by atoms with Crippen molar-refractivity contribution in [3.05, 3.63) is 16.1 Å². The molecule has 3 heterocycles. The van der Waals surface area contributed by atoms with E-state index >= 15 is 0 Å². The molecule has 6 nitrogen and oxygen atoms in total. The highest BCUT2D eigenvalue weighted by molar-refractivity contribution is 7.16. The van der Waals surface area contributed by atoms with E-state index in [0.29, 0.717) is 11.7 Å². The molecule has 22 heavy (non-hydrogen) atoms. The smallest absolute Gasteiger partial charge is 0.231 e. The maximum Gasteiger partial charge on any atom is 0.231 e. The van der Waals surface area contributed by atoms with Crippen molar-refractivity contribution >= 4 is 39.6 Å². The molecule has 0 aromatic carbocycles. The second kappa shape index (κ2) is 5.77. The van der Waals surface area contributed by atoms with E-state index in [-0.39, 0.29) is 24.2 Å². The molecule has 3 rings (SSSR count). The van der Waals surface area contributed by atoms with Gasteiger partial charge in [-0.3, -0.25) is 9.59 Å². The molecule has 1 unspecified atom stereocenters. The largest absolute Gasteiger partial charge is 0.345 e. The van der Waals surface area contributed by atoms with E-state index in [0.717, 1.165) is 21.3 Å². The van der Waals surface area contributed by atoms with Gasteiger partial charge in [0, 0.05) is 25.4 Å². The maximum absolute atomic E-state index is 12.2. The number of rotatable bonds is 3. The van der Waals surface area contributed by atoms with Gasteiger partial charge in [-0.05, 0) is 13.8 Å². The van der Waals surface area contributed by atoms with E-state index in [1.165, 1.54) is 11.3 Å². The number of likely N-dealkylation sites (tertiary alicyclic amines) is 1. The fourth-order valence-electron chi connectivity index (χ4n) is 2.45. The molecule has 0 saturated carbocycles. The van der Waals surface area contributed by atoms with Crippen molar-refractivity contribution in [3.63, 3.8) is 0 Å². The molecule has 1 saturated heterocycles. The van der Waals surface area contributed by atoms with Gasteiger partial charge in [0.2, 0.25) is 11.8 Å². The third-order valence-corrected chi connectivity index (χ3v) is 5.44. The van der Waals surface area contributed by atoms with Gasteiger partial charge >= 0.3 is 0 Å². The Balaban J connectivity index is 1.71. The summed E-state index contributed by atoms with van der Waals surface area (Å²) in [5.41, 5.74) is 1.79. The zero-order valence-corrected chi connectivity index (χ0v) is 14.2. The predicted octanol–water partition coefficient (Wildman–Crippen LogP) is 2.30. The van der Waals surface area contributed by atoms with Crippen molar-refractivity contribution in [3.8, 4) is 10.6 Å². The second-order valence-electron chi connectivity index (χ2n) is 5.35. The molecule has 8 heteroatoms. The maximum atomic E-state index is 12.2. The van der Waals surface area contributed by atoms with Crippen molar-refractivity contribution in [2.24, 2.45) is 5.92 Å². The minimum Gasteiger partial charge on any atom is -0.345 e. The molecule has 0 radical (unpaired) electrons. The summed E-state index contributed by atoms with van der Waals surface area (Å²) >= 11 is 2.98. The van der Waals surface area contributed by atoms with Crippen LogP contribution in [-0.2, 0) is 9.59 Å². The molecule has 2 aromatic rings. The van der Waals surface area contributed by atoms with Gasteiger partial charge in [0.15, 0.2) is 5.13 Å². The van der Waals surface area contributed by atoms with Gasteiger partial charge < -0.3 is 10.2 Å². The minimum absolute atomic E-state index is 0.00994. The lowest BCUT2D eigenvalue weighted by Gasteiger charge is -2.09. The standard InChI is InChI=1S/C14H16N4O2S2/c1-7-12(22-8(2)15-7)10-6-21-14(16-10)17-13(20)9-4-11(19)18(3)5-9/h6,9H,4-5H2,1-3H3,(H,16,17,20). The van der Waals surface area contributed by atoms with Crippen LogP contribution in [0.4, 0.5) is 5.13 Å². The molecule has 0 spiro atoms. The average Bonchev–Trinajstić information content (AvgIpc) is 3.11. The number of nitrogens with one attached hydrogen (secondary N) is 1. The van der Waals surface area contributed by atoms with Crippen molar-refractivity contribution < 1.29 is 9.59 Å². The number of amides is 2. The molecule has 2 amide bonds. The Morgan fingerprint density at radius 1 is 1.41 bits per heavy atom. The zero-order valence-electron chi connectivity index (χ0n) is 12.5. The van der Waals surface area contributed by atoms with Crippen LogP contribution in [0.1, 0.15) is 17.1 Å². The summed E-state index contributed by atoms with van der Waals surface area (Å²) in [4.78, 5) is 35.2. The first-order valence-electron chi connectivity index (χ1n) is 6.89. The number of anilines is 1. The first-order valence-corrected chi connectivity index (χ1v) is 8.58. The summed E-state index contributed by atoms with van der Waals surface area (Å²) in [6.45, 7) is 4.39. The van der Waals surface area contributed by atoms with Crippen LogP contribution >= 0.6 is 22.7 Å². The zero-order chi connectivity index (χ0) is 15.9. The summed E-state index contributed by atoms with van der Waals surface area (Å²) in [6, 6.07) is 0. The summed E-state index contributed by atoms with van der Waals surface area (Å²) in [7, 11) is 1.71. The SMILES string of the molecule is Cc1nc(C)c(-c2csc(NC(=O)C3CC(=O)N(C)C3)n2)s1. The topological polar surface area (TPSA) is 75.2 Å². The van der Waals surface area contributed by atoms with Crippen LogP contribution in [0.15, 0.2) is 5.38 Å². The average molecular weight is 336 g/mol. The second-order valence-corrected chi connectivity index (χ2v) is 7.41. The predicted molar refractivity (Wildman–Crippen MR) is 87.1 cm³/mol.